The molecule has 0 fully saturated rings. The summed E-state index contributed by atoms with van der Waals surface area (Å²) in [5, 5.41) is 16.0. The van der Waals surface area contributed by atoms with Crippen LogP contribution in [0, 0.1) is 5.92 Å². The maximum atomic E-state index is 8.43. The van der Waals surface area contributed by atoms with Gasteiger partial charge in [-0.15, -0.1) is 0 Å². The van der Waals surface area contributed by atoms with Crippen LogP contribution in [0.4, 0.5) is 0 Å². The molecule has 0 atom stereocenters. The smallest absolute Gasteiger partial charge is 0.0431 e. The molecule has 12 heavy (non-hydrogen) atoms. The number of aliphatic hydroxyl groups excluding tert-OH is 2. The standard InChI is InChI=1S/C8H18O.C2H6O/c1-8(2)6-4-3-5-7-9;1-2-3/h8-9H,3-7H2,1-2H3;3H,2H2,1H3. The monoisotopic (exact) mass is 176 g/mol. The summed E-state index contributed by atoms with van der Waals surface area (Å²) in [5.41, 5.74) is 0. The lowest BCUT2D eigenvalue weighted by Crippen LogP contribution is -1.88. The minimum atomic E-state index is 0.250. The Balaban J connectivity index is 0. The van der Waals surface area contributed by atoms with Crippen LogP contribution in [0.25, 0.3) is 0 Å². The van der Waals surface area contributed by atoms with Crippen LogP contribution in [-0.2, 0) is 0 Å². The van der Waals surface area contributed by atoms with Gasteiger partial charge in [-0.3, -0.25) is 0 Å². The molecule has 2 heteroatoms. The highest BCUT2D eigenvalue weighted by Crippen LogP contribution is 2.06. The molecule has 0 aromatic rings. The molecular weight excluding hydrogens is 152 g/mol. The van der Waals surface area contributed by atoms with E-state index in [0.717, 1.165) is 12.3 Å². The zero-order valence-electron chi connectivity index (χ0n) is 8.71. The average molecular weight is 176 g/mol. The molecular formula is C10H24O2. The van der Waals surface area contributed by atoms with E-state index >= 15 is 0 Å². The lowest BCUT2D eigenvalue weighted by atomic mass is 10.1. The van der Waals surface area contributed by atoms with Gasteiger partial charge in [-0.05, 0) is 19.3 Å². The third-order valence-corrected chi connectivity index (χ3v) is 1.44. The first kappa shape index (κ1) is 14.4. The zero-order valence-corrected chi connectivity index (χ0v) is 8.71. The van der Waals surface area contributed by atoms with Crippen LogP contribution < -0.4 is 0 Å². The van der Waals surface area contributed by atoms with Crippen LogP contribution in [-0.4, -0.2) is 23.4 Å². The Bertz CT molecular complexity index is 62.9. The van der Waals surface area contributed by atoms with Gasteiger partial charge in [0.25, 0.3) is 0 Å². The maximum absolute atomic E-state index is 8.43. The van der Waals surface area contributed by atoms with Crippen LogP contribution in [0.3, 0.4) is 0 Å². The summed E-state index contributed by atoms with van der Waals surface area (Å²) in [7, 11) is 0. The van der Waals surface area contributed by atoms with Crippen LogP contribution in [0.2, 0.25) is 0 Å². The van der Waals surface area contributed by atoms with E-state index in [9.17, 15) is 0 Å². The van der Waals surface area contributed by atoms with E-state index in [2.05, 4.69) is 13.8 Å². The normalized spacial score (nSPS) is 9.50. The second-order valence-corrected chi connectivity index (χ2v) is 3.28. The Morgan fingerprint density at radius 3 is 1.83 bits per heavy atom. The average Bonchev–Trinajstić information content (AvgIpc) is 1.99. The van der Waals surface area contributed by atoms with Crippen molar-refractivity contribution in [2.75, 3.05) is 13.2 Å². The number of hydrogen-bond donors (Lipinski definition) is 2. The predicted octanol–water partition coefficient (Wildman–Crippen LogP) is 2.19. The van der Waals surface area contributed by atoms with E-state index in [1.54, 1.807) is 6.92 Å². The lowest BCUT2D eigenvalue weighted by molar-refractivity contribution is 0.281. The molecule has 2 nitrogen and oxygen atoms in total. The van der Waals surface area contributed by atoms with Crippen molar-refractivity contribution in [2.45, 2.75) is 46.5 Å². The first-order valence-corrected chi connectivity index (χ1v) is 4.90. The molecule has 0 rings (SSSR count). The molecule has 0 radical (unpaired) electrons. The van der Waals surface area contributed by atoms with Crippen LogP contribution in [0.1, 0.15) is 46.5 Å². The van der Waals surface area contributed by atoms with Crippen LogP contribution in [0.5, 0.6) is 0 Å². The van der Waals surface area contributed by atoms with Gasteiger partial charge in [0.2, 0.25) is 0 Å². The topological polar surface area (TPSA) is 40.5 Å². The summed E-state index contributed by atoms with van der Waals surface area (Å²) in [5.74, 6) is 0.823. The molecule has 0 aromatic heterocycles. The lowest BCUT2D eigenvalue weighted by Gasteiger charge is -2.01. The zero-order chi connectivity index (χ0) is 9.82. The molecule has 0 amide bonds. The summed E-state index contributed by atoms with van der Waals surface area (Å²) in [4.78, 5) is 0. The maximum Gasteiger partial charge on any atom is 0.0431 e. The fourth-order valence-corrected chi connectivity index (χ4v) is 0.841. The number of rotatable bonds is 5. The summed E-state index contributed by atoms with van der Waals surface area (Å²) < 4.78 is 0. The second-order valence-electron chi connectivity index (χ2n) is 3.28. The van der Waals surface area contributed by atoms with Gasteiger partial charge in [0, 0.05) is 13.2 Å². The molecule has 0 aliphatic heterocycles. The van der Waals surface area contributed by atoms with E-state index in [1.807, 2.05) is 0 Å². The highest BCUT2D eigenvalue weighted by Gasteiger charge is 1.92. The van der Waals surface area contributed by atoms with Gasteiger partial charge < -0.3 is 10.2 Å². The number of unbranched alkanes of at least 4 members (excludes halogenated alkanes) is 2. The van der Waals surface area contributed by atoms with Crippen molar-refractivity contribution in [3.63, 3.8) is 0 Å². The highest BCUT2D eigenvalue weighted by atomic mass is 16.3. The van der Waals surface area contributed by atoms with Crippen LogP contribution >= 0.6 is 0 Å². The summed E-state index contributed by atoms with van der Waals surface area (Å²) in [6, 6.07) is 0. The van der Waals surface area contributed by atoms with Gasteiger partial charge >= 0.3 is 0 Å². The number of hydrogen-bond acceptors (Lipinski definition) is 2. The first-order valence-electron chi connectivity index (χ1n) is 4.90. The third kappa shape index (κ3) is 22.5. The Kier molecular flexibility index (Phi) is 16.3. The van der Waals surface area contributed by atoms with Gasteiger partial charge in [0.05, 0.1) is 0 Å². The Morgan fingerprint density at radius 2 is 1.50 bits per heavy atom. The molecule has 76 valence electrons. The van der Waals surface area contributed by atoms with Crippen molar-refractivity contribution in [1.29, 1.82) is 0 Å². The predicted molar refractivity (Wildman–Crippen MR) is 53.2 cm³/mol. The van der Waals surface area contributed by atoms with E-state index < -0.39 is 0 Å². The molecule has 0 aliphatic rings. The van der Waals surface area contributed by atoms with E-state index in [1.165, 1.54) is 19.3 Å². The molecule has 0 saturated heterocycles. The second kappa shape index (κ2) is 13.5. The molecule has 0 saturated carbocycles. The van der Waals surface area contributed by atoms with E-state index in [0.29, 0.717) is 6.61 Å². The van der Waals surface area contributed by atoms with Crippen molar-refractivity contribution >= 4 is 0 Å². The minimum absolute atomic E-state index is 0.250. The quantitative estimate of drug-likeness (QED) is 0.630. The van der Waals surface area contributed by atoms with Gasteiger partial charge in [-0.1, -0.05) is 33.1 Å². The van der Waals surface area contributed by atoms with Crippen LogP contribution in [0.15, 0.2) is 0 Å². The molecule has 0 unspecified atom stereocenters. The number of aliphatic hydroxyl groups is 2. The van der Waals surface area contributed by atoms with Gasteiger partial charge in [0.1, 0.15) is 0 Å². The Labute approximate surface area is 76.6 Å². The third-order valence-electron chi connectivity index (χ3n) is 1.44. The molecule has 0 heterocycles. The molecule has 0 aliphatic carbocycles. The summed E-state index contributed by atoms with van der Waals surface area (Å²) in [6.07, 6.45) is 4.75. The van der Waals surface area contributed by atoms with Gasteiger partial charge in [-0.2, -0.15) is 0 Å². The Morgan fingerprint density at radius 1 is 1.00 bits per heavy atom. The van der Waals surface area contributed by atoms with Crippen molar-refractivity contribution in [2.24, 2.45) is 5.92 Å². The van der Waals surface area contributed by atoms with Crippen molar-refractivity contribution < 1.29 is 10.2 Å². The van der Waals surface area contributed by atoms with Crippen molar-refractivity contribution in [3.8, 4) is 0 Å². The fourth-order valence-electron chi connectivity index (χ4n) is 0.841. The minimum Gasteiger partial charge on any atom is -0.397 e. The van der Waals surface area contributed by atoms with Gasteiger partial charge in [-0.25, -0.2) is 0 Å². The van der Waals surface area contributed by atoms with Crippen molar-refractivity contribution in [1.82, 2.24) is 0 Å². The van der Waals surface area contributed by atoms with Crippen molar-refractivity contribution in [3.05, 3.63) is 0 Å². The first-order chi connectivity index (χ1) is 5.68. The molecule has 0 aromatic carbocycles. The largest absolute Gasteiger partial charge is 0.397 e. The molecule has 0 bridgehead atoms. The molecule has 2 N–H and O–H groups in total. The Hall–Kier alpha value is -0.0800. The van der Waals surface area contributed by atoms with Gasteiger partial charge in [0.15, 0.2) is 0 Å². The van der Waals surface area contributed by atoms with E-state index in [4.69, 9.17) is 10.2 Å². The highest BCUT2D eigenvalue weighted by molar-refractivity contribution is 4.45. The fraction of sp³-hybridized carbons (Fsp3) is 1.00. The SMILES string of the molecule is CC(C)CCCCCO.CCO. The summed E-state index contributed by atoms with van der Waals surface area (Å²) >= 11 is 0. The van der Waals surface area contributed by atoms with E-state index in [-0.39, 0.29) is 6.61 Å². The summed E-state index contributed by atoms with van der Waals surface area (Å²) in [6.45, 7) is 6.76. The molecule has 0 spiro atoms.